The number of aromatic nitrogens is 2. The maximum atomic E-state index is 4.59. The number of benzene rings is 1. The van der Waals surface area contributed by atoms with Crippen molar-refractivity contribution in [2.75, 3.05) is 31.1 Å². The minimum atomic E-state index is 0.598. The Kier molecular flexibility index (Phi) is 5.14. The summed E-state index contributed by atoms with van der Waals surface area (Å²) in [4.78, 5) is 14.0. The Labute approximate surface area is 145 Å². The Morgan fingerprint density at radius 3 is 2.04 bits per heavy atom. The van der Waals surface area contributed by atoms with Gasteiger partial charge in [0.1, 0.15) is 0 Å². The Morgan fingerprint density at radius 2 is 1.50 bits per heavy atom. The van der Waals surface area contributed by atoms with Crippen LogP contribution in [0.25, 0.3) is 0 Å². The van der Waals surface area contributed by atoms with Crippen molar-refractivity contribution in [1.29, 1.82) is 0 Å². The summed E-state index contributed by atoms with van der Waals surface area (Å²) >= 11 is 0. The number of piperazine rings is 1. The van der Waals surface area contributed by atoms with Crippen LogP contribution in [0.5, 0.6) is 0 Å². The van der Waals surface area contributed by atoms with Gasteiger partial charge < -0.3 is 4.90 Å². The minimum absolute atomic E-state index is 0.598. The smallest absolute Gasteiger partial charge is 0.225 e. The molecular weight excluding hydrogens is 296 g/mol. The molecule has 2 aromatic rings. The molecule has 1 aliphatic heterocycles. The summed E-state index contributed by atoms with van der Waals surface area (Å²) in [6, 6.07) is 11.1. The lowest BCUT2D eigenvalue weighted by Crippen LogP contribution is -2.46. The van der Waals surface area contributed by atoms with E-state index in [4.69, 9.17) is 0 Å². The summed E-state index contributed by atoms with van der Waals surface area (Å²) in [6.45, 7) is 13.7. The highest BCUT2D eigenvalue weighted by Gasteiger charge is 2.19. The lowest BCUT2D eigenvalue weighted by molar-refractivity contribution is 0.248. The SMILES string of the molecule is Cc1cc(C)nc(N2CCN(Cc3ccc(C(C)C)cc3)CC2)n1. The van der Waals surface area contributed by atoms with Crippen molar-refractivity contribution in [2.24, 2.45) is 0 Å². The zero-order valence-corrected chi connectivity index (χ0v) is 15.3. The van der Waals surface area contributed by atoms with Gasteiger partial charge in [-0.05, 0) is 37.0 Å². The lowest BCUT2D eigenvalue weighted by atomic mass is 10.0. The molecule has 3 rings (SSSR count). The van der Waals surface area contributed by atoms with E-state index in [-0.39, 0.29) is 0 Å². The summed E-state index contributed by atoms with van der Waals surface area (Å²) in [7, 11) is 0. The molecule has 1 fully saturated rings. The van der Waals surface area contributed by atoms with Gasteiger partial charge in [-0.1, -0.05) is 38.1 Å². The quantitative estimate of drug-likeness (QED) is 0.861. The highest BCUT2D eigenvalue weighted by Crippen LogP contribution is 2.17. The van der Waals surface area contributed by atoms with Crippen LogP contribution in [-0.4, -0.2) is 41.0 Å². The number of hydrogen-bond donors (Lipinski definition) is 0. The third-order valence-electron chi connectivity index (χ3n) is 4.68. The number of rotatable bonds is 4. The van der Waals surface area contributed by atoms with Crippen LogP contribution >= 0.6 is 0 Å². The third-order valence-corrected chi connectivity index (χ3v) is 4.68. The van der Waals surface area contributed by atoms with E-state index in [2.05, 4.69) is 57.9 Å². The molecule has 1 aromatic carbocycles. The fourth-order valence-electron chi connectivity index (χ4n) is 3.22. The Balaban J connectivity index is 1.57. The highest BCUT2D eigenvalue weighted by molar-refractivity contribution is 5.33. The van der Waals surface area contributed by atoms with E-state index in [9.17, 15) is 0 Å². The molecule has 0 amide bonds. The van der Waals surface area contributed by atoms with Gasteiger partial charge in [0, 0.05) is 44.1 Å². The zero-order valence-electron chi connectivity index (χ0n) is 15.3. The maximum absolute atomic E-state index is 4.59. The summed E-state index contributed by atoms with van der Waals surface area (Å²) in [5.74, 6) is 1.48. The maximum Gasteiger partial charge on any atom is 0.225 e. The van der Waals surface area contributed by atoms with E-state index in [1.807, 2.05) is 19.9 Å². The second kappa shape index (κ2) is 7.31. The third kappa shape index (κ3) is 4.12. The van der Waals surface area contributed by atoms with Gasteiger partial charge >= 0.3 is 0 Å². The standard InChI is InChI=1S/C20H28N4/c1-15(2)19-7-5-18(6-8-19)14-23-9-11-24(12-10-23)20-21-16(3)13-17(4)22-20/h5-8,13,15H,9-12,14H2,1-4H3. The van der Waals surface area contributed by atoms with Gasteiger partial charge in [-0.2, -0.15) is 0 Å². The van der Waals surface area contributed by atoms with Crippen LogP contribution in [-0.2, 0) is 6.54 Å². The molecule has 0 aliphatic carbocycles. The van der Waals surface area contributed by atoms with Gasteiger partial charge in [-0.3, -0.25) is 4.90 Å². The zero-order chi connectivity index (χ0) is 17.1. The number of aryl methyl sites for hydroxylation is 2. The van der Waals surface area contributed by atoms with Crippen LogP contribution in [0, 0.1) is 13.8 Å². The van der Waals surface area contributed by atoms with E-state index < -0.39 is 0 Å². The van der Waals surface area contributed by atoms with Crippen LogP contribution in [0.4, 0.5) is 5.95 Å². The van der Waals surface area contributed by atoms with Crippen LogP contribution in [0.1, 0.15) is 42.3 Å². The van der Waals surface area contributed by atoms with E-state index in [1.165, 1.54) is 11.1 Å². The summed E-state index contributed by atoms with van der Waals surface area (Å²) < 4.78 is 0. The van der Waals surface area contributed by atoms with Crippen LogP contribution < -0.4 is 4.90 Å². The highest BCUT2D eigenvalue weighted by atomic mass is 15.3. The molecule has 0 atom stereocenters. The van der Waals surface area contributed by atoms with Gasteiger partial charge in [0.25, 0.3) is 0 Å². The first-order chi connectivity index (χ1) is 11.5. The molecule has 2 heterocycles. The second-order valence-electron chi connectivity index (χ2n) is 7.11. The summed E-state index contributed by atoms with van der Waals surface area (Å²) in [6.07, 6.45) is 0. The topological polar surface area (TPSA) is 32.3 Å². The Bertz CT molecular complexity index is 650. The number of hydrogen-bond acceptors (Lipinski definition) is 4. The number of nitrogens with zero attached hydrogens (tertiary/aromatic N) is 4. The molecule has 1 aliphatic rings. The molecule has 1 aromatic heterocycles. The molecular formula is C20H28N4. The normalized spacial score (nSPS) is 16.0. The average Bonchev–Trinajstić information content (AvgIpc) is 2.55. The van der Waals surface area contributed by atoms with Crippen LogP contribution in [0.15, 0.2) is 30.3 Å². The van der Waals surface area contributed by atoms with Crippen molar-refractivity contribution in [3.05, 3.63) is 52.8 Å². The first kappa shape index (κ1) is 16.9. The van der Waals surface area contributed by atoms with Crippen molar-refractivity contribution in [1.82, 2.24) is 14.9 Å². The van der Waals surface area contributed by atoms with Crippen LogP contribution in [0.3, 0.4) is 0 Å². The van der Waals surface area contributed by atoms with E-state index in [1.54, 1.807) is 0 Å². The van der Waals surface area contributed by atoms with E-state index in [0.717, 1.165) is 50.1 Å². The summed E-state index contributed by atoms with van der Waals surface area (Å²) in [5, 5.41) is 0. The van der Waals surface area contributed by atoms with E-state index in [0.29, 0.717) is 5.92 Å². The molecule has 0 N–H and O–H groups in total. The van der Waals surface area contributed by atoms with Gasteiger partial charge in [-0.25, -0.2) is 9.97 Å². The minimum Gasteiger partial charge on any atom is -0.338 e. The molecule has 0 spiro atoms. The van der Waals surface area contributed by atoms with Crippen molar-refractivity contribution < 1.29 is 0 Å². The average molecular weight is 324 g/mol. The fraction of sp³-hybridized carbons (Fsp3) is 0.500. The van der Waals surface area contributed by atoms with Gasteiger partial charge in [0.15, 0.2) is 0 Å². The molecule has 4 heteroatoms. The first-order valence-electron chi connectivity index (χ1n) is 8.89. The van der Waals surface area contributed by atoms with Gasteiger partial charge in [0.05, 0.1) is 0 Å². The summed E-state index contributed by atoms with van der Waals surface area (Å²) in [5.41, 5.74) is 4.90. The van der Waals surface area contributed by atoms with Crippen molar-refractivity contribution in [3.63, 3.8) is 0 Å². The molecule has 0 unspecified atom stereocenters. The van der Waals surface area contributed by atoms with Crippen molar-refractivity contribution in [3.8, 4) is 0 Å². The molecule has 0 bridgehead atoms. The molecule has 4 nitrogen and oxygen atoms in total. The predicted molar refractivity (Wildman–Crippen MR) is 99.5 cm³/mol. The molecule has 24 heavy (non-hydrogen) atoms. The molecule has 0 radical (unpaired) electrons. The monoisotopic (exact) mass is 324 g/mol. The molecule has 1 saturated heterocycles. The lowest BCUT2D eigenvalue weighted by Gasteiger charge is -2.35. The van der Waals surface area contributed by atoms with Crippen LogP contribution in [0.2, 0.25) is 0 Å². The largest absolute Gasteiger partial charge is 0.338 e. The van der Waals surface area contributed by atoms with Gasteiger partial charge in [0.2, 0.25) is 5.95 Å². The molecule has 128 valence electrons. The fourth-order valence-corrected chi connectivity index (χ4v) is 3.22. The molecule has 0 saturated carbocycles. The van der Waals surface area contributed by atoms with Gasteiger partial charge in [-0.15, -0.1) is 0 Å². The second-order valence-corrected chi connectivity index (χ2v) is 7.11. The Hall–Kier alpha value is -1.94. The van der Waals surface area contributed by atoms with Crippen molar-refractivity contribution in [2.45, 2.75) is 40.2 Å². The van der Waals surface area contributed by atoms with Crippen molar-refractivity contribution >= 4 is 5.95 Å². The predicted octanol–water partition coefficient (Wildman–Crippen LogP) is 3.54. The number of anilines is 1. The first-order valence-corrected chi connectivity index (χ1v) is 8.89. The Morgan fingerprint density at radius 1 is 0.917 bits per heavy atom. The van der Waals surface area contributed by atoms with E-state index >= 15 is 0 Å².